The van der Waals surface area contributed by atoms with Crippen LogP contribution in [0.25, 0.3) is 0 Å². The first kappa shape index (κ1) is 13.3. The minimum Gasteiger partial charge on any atom is -0.480 e. The normalized spacial score (nSPS) is 19.2. The number of carboxylic acid groups (broad SMARTS) is 1. The van der Waals surface area contributed by atoms with Gasteiger partial charge in [0, 0.05) is 18.5 Å². The molecule has 1 amide bonds. The Bertz CT molecular complexity index is 489. The number of carbonyl (C=O) groups excluding carboxylic acids is 1. The Hall–Kier alpha value is -1.14. The predicted molar refractivity (Wildman–Crippen MR) is 70.0 cm³/mol. The molecule has 0 bridgehead atoms. The van der Waals surface area contributed by atoms with Crippen molar-refractivity contribution in [2.24, 2.45) is 0 Å². The Morgan fingerprint density at radius 1 is 1.61 bits per heavy atom. The Labute approximate surface area is 114 Å². The lowest BCUT2D eigenvalue weighted by Crippen LogP contribution is -2.42. The molecule has 0 aliphatic carbocycles. The maximum atomic E-state index is 12.3. The van der Waals surface area contributed by atoms with Gasteiger partial charge in [0.2, 0.25) is 0 Å². The molecule has 0 spiro atoms. The average Bonchev–Trinajstić information content (AvgIpc) is 2.93. The van der Waals surface area contributed by atoms with Crippen LogP contribution in [0.3, 0.4) is 0 Å². The summed E-state index contributed by atoms with van der Waals surface area (Å²) in [4.78, 5) is 24.8. The van der Waals surface area contributed by atoms with Crippen LogP contribution in [0.15, 0.2) is 12.3 Å². The maximum Gasteiger partial charge on any atom is 0.327 e. The van der Waals surface area contributed by atoms with Gasteiger partial charge in [-0.3, -0.25) is 4.79 Å². The van der Waals surface area contributed by atoms with Gasteiger partial charge in [-0.1, -0.05) is 11.6 Å². The van der Waals surface area contributed by atoms with E-state index in [1.807, 2.05) is 6.92 Å². The zero-order valence-corrected chi connectivity index (χ0v) is 11.4. The highest BCUT2D eigenvalue weighted by Gasteiger charge is 2.36. The minimum absolute atomic E-state index is 0.277. The number of hydrogen-bond acceptors (Lipinski definition) is 3. The first-order valence-electron chi connectivity index (χ1n) is 5.51. The number of carbonyl (C=O) groups is 2. The van der Waals surface area contributed by atoms with E-state index in [-0.39, 0.29) is 5.91 Å². The molecule has 7 heteroatoms. The quantitative estimate of drug-likeness (QED) is 0.921. The molecule has 1 aromatic rings. The SMILES string of the molecule is CCn1cc(Cl)cc1C(=O)N1CSC[C@H]1C(=O)O. The topological polar surface area (TPSA) is 62.5 Å². The largest absolute Gasteiger partial charge is 0.480 e. The van der Waals surface area contributed by atoms with Crippen LogP contribution in [-0.2, 0) is 11.3 Å². The van der Waals surface area contributed by atoms with Crippen LogP contribution in [0.1, 0.15) is 17.4 Å². The smallest absolute Gasteiger partial charge is 0.327 e. The number of thioether (sulfide) groups is 1. The molecule has 2 heterocycles. The number of amides is 1. The van der Waals surface area contributed by atoms with E-state index in [1.165, 1.54) is 16.7 Å². The van der Waals surface area contributed by atoms with Gasteiger partial charge in [0.15, 0.2) is 0 Å². The van der Waals surface area contributed by atoms with Crippen LogP contribution in [0.2, 0.25) is 5.02 Å². The summed E-state index contributed by atoms with van der Waals surface area (Å²) < 4.78 is 1.73. The van der Waals surface area contributed by atoms with Crippen molar-refractivity contribution in [2.75, 3.05) is 11.6 Å². The second kappa shape index (κ2) is 5.24. The van der Waals surface area contributed by atoms with Crippen molar-refractivity contribution in [3.8, 4) is 0 Å². The zero-order valence-electron chi connectivity index (χ0n) is 9.80. The fourth-order valence-electron chi connectivity index (χ4n) is 1.91. The van der Waals surface area contributed by atoms with Crippen LogP contribution in [0.5, 0.6) is 0 Å². The molecule has 0 unspecified atom stereocenters. The van der Waals surface area contributed by atoms with E-state index in [0.29, 0.717) is 28.9 Å². The van der Waals surface area contributed by atoms with E-state index < -0.39 is 12.0 Å². The maximum absolute atomic E-state index is 12.3. The van der Waals surface area contributed by atoms with E-state index in [1.54, 1.807) is 16.8 Å². The first-order valence-corrected chi connectivity index (χ1v) is 7.05. The lowest BCUT2D eigenvalue weighted by molar-refractivity contribution is -0.140. The van der Waals surface area contributed by atoms with Gasteiger partial charge in [0.1, 0.15) is 11.7 Å². The molecule has 5 nitrogen and oxygen atoms in total. The highest BCUT2D eigenvalue weighted by Crippen LogP contribution is 2.25. The third kappa shape index (κ3) is 2.35. The molecule has 0 radical (unpaired) electrons. The van der Waals surface area contributed by atoms with Crippen LogP contribution >= 0.6 is 23.4 Å². The molecule has 1 aliphatic heterocycles. The lowest BCUT2D eigenvalue weighted by Gasteiger charge is -2.20. The second-order valence-electron chi connectivity index (χ2n) is 3.96. The van der Waals surface area contributed by atoms with Crippen molar-refractivity contribution >= 4 is 35.2 Å². The Balaban J connectivity index is 2.27. The number of hydrogen-bond donors (Lipinski definition) is 1. The number of aliphatic carboxylic acids is 1. The van der Waals surface area contributed by atoms with Crippen LogP contribution < -0.4 is 0 Å². The molecule has 18 heavy (non-hydrogen) atoms. The van der Waals surface area contributed by atoms with Crippen LogP contribution in [-0.4, -0.2) is 44.1 Å². The standard InChI is InChI=1S/C11H13ClN2O3S/c1-2-13-4-7(12)3-8(13)10(15)14-6-18-5-9(14)11(16)17/h3-4,9H,2,5-6H2,1H3,(H,16,17)/t9-/m0/s1. The highest BCUT2D eigenvalue weighted by molar-refractivity contribution is 7.99. The van der Waals surface area contributed by atoms with Gasteiger partial charge < -0.3 is 14.6 Å². The van der Waals surface area contributed by atoms with E-state index in [9.17, 15) is 9.59 Å². The van der Waals surface area contributed by atoms with E-state index in [4.69, 9.17) is 16.7 Å². The summed E-state index contributed by atoms with van der Waals surface area (Å²) in [6, 6.07) is 0.830. The Morgan fingerprint density at radius 2 is 2.33 bits per heavy atom. The lowest BCUT2D eigenvalue weighted by atomic mass is 10.2. The summed E-state index contributed by atoms with van der Waals surface area (Å²) in [5, 5.41) is 9.56. The van der Waals surface area contributed by atoms with Crippen molar-refractivity contribution < 1.29 is 14.7 Å². The molecular formula is C11H13ClN2O3S. The fraction of sp³-hybridized carbons (Fsp3) is 0.455. The fourth-order valence-corrected chi connectivity index (χ4v) is 3.28. The van der Waals surface area contributed by atoms with E-state index in [2.05, 4.69) is 0 Å². The molecule has 98 valence electrons. The predicted octanol–water partition coefficient (Wildman–Crippen LogP) is 1.76. The van der Waals surface area contributed by atoms with E-state index in [0.717, 1.165) is 0 Å². The average molecular weight is 289 g/mol. The Kier molecular flexibility index (Phi) is 3.87. The summed E-state index contributed by atoms with van der Waals surface area (Å²) in [5.74, 6) is -0.403. The summed E-state index contributed by atoms with van der Waals surface area (Å²) in [6.07, 6.45) is 1.67. The summed E-state index contributed by atoms with van der Waals surface area (Å²) in [6.45, 7) is 2.52. The van der Waals surface area contributed by atoms with Crippen molar-refractivity contribution in [1.82, 2.24) is 9.47 Å². The number of rotatable bonds is 3. The van der Waals surface area contributed by atoms with E-state index >= 15 is 0 Å². The molecular weight excluding hydrogens is 276 g/mol. The molecule has 1 N–H and O–H groups in total. The molecule has 1 fully saturated rings. The molecule has 1 aromatic heterocycles. The van der Waals surface area contributed by atoms with Crippen molar-refractivity contribution in [3.63, 3.8) is 0 Å². The number of aromatic nitrogens is 1. The van der Waals surface area contributed by atoms with Gasteiger partial charge in [-0.05, 0) is 13.0 Å². The van der Waals surface area contributed by atoms with Gasteiger partial charge in [-0.15, -0.1) is 11.8 Å². The molecule has 0 aromatic carbocycles. The number of nitrogens with zero attached hydrogens (tertiary/aromatic N) is 2. The number of carboxylic acids is 1. The van der Waals surface area contributed by atoms with Gasteiger partial charge >= 0.3 is 5.97 Å². The number of halogens is 1. The van der Waals surface area contributed by atoms with Crippen LogP contribution in [0.4, 0.5) is 0 Å². The number of aryl methyl sites for hydroxylation is 1. The molecule has 0 saturated carbocycles. The molecule has 2 rings (SSSR count). The second-order valence-corrected chi connectivity index (χ2v) is 5.39. The third-order valence-electron chi connectivity index (χ3n) is 2.85. The monoisotopic (exact) mass is 288 g/mol. The van der Waals surface area contributed by atoms with Gasteiger partial charge in [0.05, 0.1) is 10.9 Å². The highest BCUT2D eigenvalue weighted by atomic mass is 35.5. The van der Waals surface area contributed by atoms with Gasteiger partial charge in [-0.2, -0.15) is 0 Å². The van der Waals surface area contributed by atoms with Gasteiger partial charge in [-0.25, -0.2) is 4.79 Å². The zero-order chi connectivity index (χ0) is 13.3. The molecule has 1 aliphatic rings. The summed E-state index contributed by atoms with van der Waals surface area (Å²) >= 11 is 7.32. The van der Waals surface area contributed by atoms with Crippen molar-refractivity contribution in [1.29, 1.82) is 0 Å². The Morgan fingerprint density at radius 3 is 2.94 bits per heavy atom. The third-order valence-corrected chi connectivity index (χ3v) is 4.07. The van der Waals surface area contributed by atoms with Crippen molar-refractivity contribution in [3.05, 3.63) is 23.0 Å². The van der Waals surface area contributed by atoms with Crippen molar-refractivity contribution in [2.45, 2.75) is 19.5 Å². The summed E-state index contributed by atoms with van der Waals surface area (Å²) in [7, 11) is 0. The van der Waals surface area contributed by atoms with Crippen LogP contribution in [0, 0.1) is 0 Å². The first-order chi connectivity index (χ1) is 8.54. The summed E-state index contributed by atoms with van der Waals surface area (Å²) in [5.41, 5.74) is 0.441. The molecule has 1 saturated heterocycles. The van der Waals surface area contributed by atoms with Gasteiger partial charge in [0.25, 0.3) is 5.91 Å². The molecule has 1 atom stereocenters. The minimum atomic E-state index is -0.964.